The summed E-state index contributed by atoms with van der Waals surface area (Å²) < 4.78 is 30.9. The quantitative estimate of drug-likeness (QED) is 0.260. The van der Waals surface area contributed by atoms with Crippen molar-refractivity contribution in [2.75, 3.05) is 13.2 Å². The van der Waals surface area contributed by atoms with Gasteiger partial charge < -0.3 is 10.1 Å². The monoisotopic (exact) mass is 518 g/mol. The van der Waals surface area contributed by atoms with Crippen molar-refractivity contribution < 1.29 is 28.0 Å². The second kappa shape index (κ2) is 9.97. The Labute approximate surface area is 213 Å². The van der Waals surface area contributed by atoms with E-state index in [0.717, 1.165) is 43.4 Å². The SMILES string of the molecule is O=C(NCCCOc1ccc(S(=O)(=O)C2(C(=O)NO)CCCCC2)cc1)C12CC3CC(CC(C3)C1)C2. The Hall–Kier alpha value is -2.13. The summed E-state index contributed by atoms with van der Waals surface area (Å²) in [4.78, 5) is 25.5. The van der Waals surface area contributed by atoms with Gasteiger partial charge >= 0.3 is 0 Å². The Balaban J connectivity index is 1.12. The molecule has 0 unspecified atom stereocenters. The molecule has 8 nitrogen and oxygen atoms in total. The second-order valence-electron chi connectivity index (χ2n) is 11.6. The topological polar surface area (TPSA) is 122 Å². The molecule has 6 rings (SSSR count). The second-order valence-corrected chi connectivity index (χ2v) is 13.9. The Morgan fingerprint density at radius 1 is 0.917 bits per heavy atom. The number of nitrogens with one attached hydrogen (secondary N) is 2. The molecule has 36 heavy (non-hydrogen) atoms. The van der Waals surface area contributed by atoms with Gasteiger partial charge in [0, 0.05) is 12.0 Å². The summed E-state index contributed by atoms with van der Waals surface area (Å²) in [6.45, 7) is 0.968. The molecule has 5 aliphatic carbocycles. The van der Waals surface area contributed by atoms with E-state index in [1.165, 1.54) is 31.4 Å². The zero-order valence-electron chi connectivity index (χ0n) is 20.8. The van der Waals surface area contributed by atoms with Gasteiger partial charge in [0.25, 0.3) is 5.91 Å². The smallest absolute Gasteiger partial charge is 0.265 e. The van der Waals surface area contributed by atoms with E-state index in [4.69, 9.17) is 4.74 Å². The van der Waals surface area contributed by atoms with E-state index in [9.17, 15) is 23.2 Å². The van der Waals surface area contributed by atoms with E-state index in [1.807, 2.05) is 0 Å². The highest BCUT2D eigenvalue weighted by Gasteiger charge is 2.54. The van der Waals surface area contributed by atoms with Crippen LogP contribution in [0.2, 0.25) is 0 Å². The summed E-state index contributed by atoms with van der Waals surface area (Å²) >= 11 is 0. The highest BCUT2D eigenvalue weighted by molar-refractivity contribution is 7.93. The van der Waals surface area contributed by atoms with Crippen LogP contribution >= 0.6 is 0 Å². The molecule has 4 bridgehead atoms. The normalized spacial score (nSPS) is 30.5. The van der Waals surface area contributed by atoms with Gasteiger partial charge in [-0.1, -0.05) is 19.3 Å². The zero-order chi connectivity index (χ0) is 25.4. The number of ether oxygens (including phenoxy) is 1. The molecule has 0 aliphatic heterocycles. The molecule has 5 fully saturated rings. The maximum absolute atomic E-state index is 13.4. The van der Waals surface area contributed by atoms with Crippen molar-refractivity contribution in [2.45, 2.75) is 86.7 Å². The van der Waals surface area contributed by atoms with E-state index in [2.05, 4.69) is 5.32 Å². The summed E-state index contributed by atoms with van der Waals surface area (Å²) in [7, 11) is -3.98. The molecule has 0 radical (unpaired) electrons. The van der Waals surface area contributed by atoms with E-state index in [1.54, 1.807) is 17.6 Å². The van der Waals surface area contributed by atoms with Crippen LogP contribution in [0.4, 0.5) is 0 Å². The van der Waals surface area contributed by atoms with Crippen LogP contribution in [-0.2, 0) is 19.4 Å². The third kappa shape index (κ3) is 4.53. The lowest BCUT2D eigenvalue weighted by Gasteiger charge is -2.55. The molecule has 0 aromatic heterocycles. The van der Waals surface area contributed by atoms with E-state index < -0.39 is 20.5 Å². The molecule has 5 saturated carbocycles. The minimum atomic E-state index is -3.98. The molecule has 1 aromatic rings. The lowest BCUT2D eigenvalue weighted by atomic mass is 9.49. The first-order valence-corrected chi connectivity index (χ1v) is 15.0. The first-order chi connectivity index (χ1) is 17.3. The van der Waals surface area contributed by atoms with Crippen LogP contribution in [0.25, 0.3) is 0 Å². The molecule has 0 atom stereocenters. The van der Waals surface area contributed by atoms with Crippen LogP contribution in [0.3, 0.4) is 0 Å². The molecule has 1 aromatic carbocycles. The van der Waals surface area contributed by atoms with Crippen molar-refractivity contribution in [1.29, 1.82) is 0 Å². The number of benzene rings is 1. The van der Waals surface area contributed by atoms with E-state index in [-0.39, 0.29) is 29.1 Å². The van der Waals surface area contributed by atoms with Crippen LogP contribution in [0.1, 0.15) is 77.0 Å². The Morgan fingerprint density at radius 3 is 2.06 bits per heavy atom. The van der Waals surface area contributed by atoms with Crippen LogP contribution in [0.15, 0.2) is 29.2 Å². The van der Waals surface area contributed by atoms with Crippen molar-refractivity contribution in [3.63, 3.8) is 0 Å². The van der Waals surface area contributed by atoms with E-state index in [0.29, 0.717) is 38.2 Å². The van der Waals surface area contributed by atoms with Gasteiger partial charge in [-0.2, -0.15) is 0 Å². The average molecular weight is 519 g/mol. The average Bonchev–Trinajstić information content (AvgIpc) is 2.87. The lowest BCUT2D eigenvalue weighted by molar-refractivity contribution is -0.146. The fraction of sp³-hybridized carbons (Fsp3) is 0.704. The molecule has 2 amide bonds. The molecule has 198 valence electrons. The van der Waals surface area contributed by atoms with Crippen LogP contribution < -0.4 is 15.5 Å². The summed E-state index contributed by atoms with van der Waals surface area (Å²) in [5, 5.41) is 12.4. The number of carbonyl (C=O) groups excluding carboxylic acids is 2. The van der Waals surface area contributed by atoms with Crippen LogP contribution in [0.5, 0.6) is 5.75 Å². The minimum Gasteiger partial charge on any atom is -0.494 e. The van der Waals surface area contributed by atoms with Gasteiger partial charge in [-0.15, -0.1) is 0 Å². The maximum Gasteiger partial charge on any atom is 0.265 e. The highest BCUT2D eigenvalue weighted by Crippen LogP contribution is 2.60. The van der Waals surface area contributed by atoms with Crippen LogP contribution in [0, 0.1) is 23.2 Å². The largest absolute Gasteiger partial charge is 0.494 e. The number of carbonyl (C=O) groups is 2. The summed E-state index contributed by atoms with van der Waals surface area (Å²) in [5.41, 5.74) is 1.43. The zero-order valence-corrected chi connectivity index (χ0v) is 21.7. The predicted molar refractivity (Wildman–Crippen MR) is 133 cm³/mol. The first kappa shape index (κ1) is 25.5. The number of hydrogen-bond acceptors (Lipinski definition) is 6. The standard InChI is InChI=1S/C27H38N2O6S/c30-24(26-16-19-13-20(17-26)15-21(14-19)18-26)28-11-4-12-35-22-5-7-23(8-6-22)36(33,34)27(25(31)29-32)9-2-1-3-10-27/h5-8,19-21,32H,1-4,9-18H2,(H,28,30)(H,29,31). The maximum atomic E-state index is 13.4. The van der Waals surface area contributed by atoms with E-state index >= 15 is 0 Å². The molecular weight excluding hydrogens is 480 g/mol. The van der Waals surface area contributed by atoms with Gasteiger partial charge in [0.1, 0.15) is 5.75 Å². The molecule has 9 heteroatoms. The molecule has 0 saturated heterocycles. The van der Waals surface area contributed by atoms with Crippen molar-refractivity contribution in [3.05, 3.63) is 24.3 Å². The molecule has 5 aliphatic rings. The van der Waals surface area contributed by atoms with Gasteiger partial charge in [0.2, 0.25) is 5.91 Å². The van der Waals surface area contributed by atoms with Crippen LogP contribution in [-0.4, -0.2) is 43.3 Å². The van der Waals surface area contributed by atoms with Crippen molar-refractivity contribution in [3.8, 4) is 5.75 Å². The van der Waals surface area contributed by atoms with Crippen molar-refractivity contribution >= 4 is 21.7 Å². The van der Waals surface area contributed by atoms with Gasteiger partial charge in [-0.25, -0.2) is 13.9 Å². The molecular formula is C27H38N2O6S. The lowest BCUT2D eigenvalue weighted by Crippen LogP contribution is -2.53. The van der Waals surface area contributed by atoms with Gasteiger partial charge in [0.15, 0.2) is 14.6 Å². The molecule has 0 heterocycles. The number of hydrogen-bond donors (Lipinski definition) is 3. The number of hydroxylamine groups is 1. The molecule has 3 N–H and O–H groups in total. The Bertz CT molecular complexity index is 1040. The third-order valence-corrected chi connectivity index (χ3v) is 11.7. The Morgan fingerprint density at radius 2 is 1.50 bits per heavy atom. The minimum absolute atomic E-state index is 0.0446. The van der Waals surface area contributed by atoms with Gasteiger partial charge in [-0.3, -0.25) is 14.8 Å². The first-order valence-electron chi connectivity index (χ1n) is 13.5. The Kier molecular flexibility index (Phi) is 7.07. The number of rotatable bonds is 9. The predicted octanol–water partition coefficient (Wildman–Crippen LogP) is 3.77. The fourth-order valence-corrected chi connectivity index (χ4v) is 9.88. The highest BCUT2D eigenvalue weighted by atomic mass is 32.2. The number of sulfone groups is 1. The summed E-state index contributed by atoms with van der Waals surface area (Å²) in [6.07, 6.45) is 10.3. The third-order valence-electron chi connectivity index (χ3n) is 9.22. The van der Waals surface area contributed by atoms with Crippen molar-refractivity contribution in [1.82, 2.24) is 10.8 Å². The fourth-order valence-electron chi connectivity index (χ4n) is 7.82. The van der Waals surface area contributed by atoms with Crippen molar-refractivity contribution in [2.24, 2.45) is 23.2 Å². The summed E-state index contributed by atoms with van der Waals surface area (Å²) in [6, 6.07) is 6.10. The van der Waals surface area contributed by atoms with Gasteiger partial charge in [-0.05, 0) is 99.8 Å². The number of amides is 2. The summed E-state index contributed by atoms with van der Waals surface area (Å²) in [5.74, 6) is 2.11. The van der Waals surface area contributed by atoms with Gasteiger partial charge in [0.05, 0.1) is 11.5 Å². The molecule has 0 spiro atoms.